The Morgan fingerprint density at radius 2 is 2.05 bits per heavy atom. The van der Waals surface area contributed by atoms with Crippen LogP contribution in [0.3, 0.4) is 0 Å². The maximum atomic E-state index is 12.6. The molecule has 0 aromatic heterocycles. The third-order valence-electron chi connectivity index (χ3n) is 3.57. The Morgan fingerprint density at radius 1 is 1.33 bits per heavy atom. The fourth-order valence-electron chi connectivity index (χ4n) is 2.29. The third kappa shape index (κ3) is 4.35. The molecule has 1 heterocycles. The van der Waals surface area contributed by atoms with Crippen molar-refractivity contribution in [3.05, 3.63) is 29.8 Å². The van der Waals surface area contributed by atoms with E-state index in [1.165, 1.54) is 12.1 Å². The summed E-state index contributed by atoms with van der Waals surface area (Å²) in [6.45, 7) is 2.52. The van der Waals surface area contributed by atoms with Crippen molar-refractivity contribution in [2.45, 2.75) is 37.9 Å². The summed E-state index contributed by atoms with van der Waals surface area (Å²) in [5.41, 5.74) is -1.32. The van der Waals surface area contributed by atoms with E-state index in [0.717, 1.165) is 31.5 Å². The van der Waals surface area contributed by atoms with Gasteiger partial charge in [-0.15, -0.1) is 12.4 Å². The van der Waals surface area contributed by atoms with Gasteiger partial charge in [0.2, 0.25) is 5.91 Å². The SMILES string of the molecule is CC1(C(=O)Nc2cccc(C(F)(F)F)c2)CCCCN1.Cl. The van der Waals surface area contributed by atoms with Crippen LogP contribution in [0.1, 0.15) is 31.7 Å². The monoisotopic (exact) mass is 322 g/mol. The fraction of sp³-hybridized carbons (Fsp3) is 0.500. The first-order valence-electron chi connectivity index (χ1n) is 6.55. The molecule has 1 atom stereocenters. The number of hydrogen-bond donors (Lipinski definition) is 2. The van der Waals surface area contributed by atoms with E-state index in [9.17, 15) is 18.0 Å². The van der Waals surface area contributed by atoms with E-state index >= 15 is 0 Å². The smallest absolute Gasteiger partial charge is 0.324 e. The molecule has 2 N–H and O–H groups in total. The second kappa shape index (κ2) is 6.66. The quantitative estimate of drug-likeness (QED) is 0.873. The Balaban J connectivity index is 0.00000220. The molecule has 1 saturated heterocycles. The lowest BCUT2D eigenvalue weighted by Gasteiger charge is -2.33. The highest BCUT2D eigenvalue weighted by molar-refractivity contribution is 5.97. The first-order valence-corrected chi connectivity index (χ1v) is 6.55. The standard InChI is InChI=1S/C14H17F3N2O.ClH/c1-13(7-2-3-8-18-13)12(20)19-11-6-4-5-10(9-11)14(15,16)17;/h4-6,9,18H,2-3,7-8H2,1H3,(H,19,20);1H. The zero-order valence-corrected chi connectivity index (χ0v) is 12.4. The minimum atomic E-state index is -4.41. The van der Waals surface area contributed by atoms with Gasteiger partial charge in [0.1, 0.15) is 0 Å². The zero-order valence-electron chi connectivity index (χ0n) is 11.6. The van der Waals surface area contributed by atoms with Gasteiger partial charge >= 0.3 is 6.18 Å². The summed E-state index contributed by atoms with van der Waals surface area (Å²) >= 11 is 0. The summed E-state index contributed by atoms with van der Waals surface area (Å²) in [5.74, 6) is -0.295. The van der Waals surface area contributed by atoms with E-state index in [0.29, 0.717) is 6.42 Å². The summed E-state index contributed by atoms with van der Waals surface area (Å²) in [6, 6.07) is 4.68. The van der Waals surface area contributed by atoms with Crippen molar-refractivity contribution in [3.63, 3.8) is 0 Å². The second-order valence-electron chi connectivity index (χ2n) is 5.25. The molecule has 21 heavy (non-hydrogen) atoms. The van der Waals surface area contributed by atoms with Crippen molar-refractivity contribution in [3.8, 4) is 0 Å². The molecule has 7 heteroatoms. The minimum Gasteiger partial charge on any atom is -0.324 e. The minimum absolute atomic E-state index is 0. The maximum Gasteiger partial charge on any atom is 0.416 e. The molecule has 3 nitrogen and oxygen atoms in total. The van der Waals surface area contributed by atoms with Crippen LogP contribution in [0.25, 0.3) is 0 Å². The number of carbonyl (C=O) groups is 1. The van der Waals surface area contributed by atoms with Gasteiger partial charge < -0.3 is 10.6 Å². The Bertz CT molecular complexity index is 499. The van der Waals surface area contributed by atoms with Gasteiger partial charge in [-0.1, -0.05) is 6.07 Å². The lowest BCUT2D eigenvalue weighted by Crippen LogP contribution is -2.54. The van der Waals surface area contributed by atoms with Crippen LogP contribution in [0.15, 0.2) is 24.3 Å². The van der Waals surface area contributed by atoms with Gasteiger partial charge in [0.25, 0.3) is 0 Å². The molecule has 0 spiro atoms. The molecule has 1 aromatic rings. The van der Waals surface area contributed by atoms with Gasteiger partial charge in [0.05, 0.1) is 11.1 Å². The average Bonchev–Trinajstić information content (AvgIpc) is 2.39. The van der Waals surface area contributed by atoms with Gasteiger partial charge in [-0.3, -0.25) is 4.79 Å². The number of hydrogen-bond acceptors (Lipinski definition) is 2. The topological polar surface area (TPSA) is 41.1 Å². The van der Waals surface area contributed by atoms with Crippen molar-refractivity contribution >= 4 is 24.0 Å². The van der Waals surface area contributed by atoms with Crippen LogP contribution >= 0.6 is 12.4 Å². The molecule has 1 aromatic carbocycles. The molecular weight excluding hydrogens is 305 g/mol. The molecular formula is C14H18ClF3N2O. The Labute approximate surface area is 127 Å². The Kier molecular flexibility index (Phi) is 5.64. The van der Waals surface area contributed by atoms with Crippen molar-refractivity contribution in [2.75, 3.05) is 11.9 Å². The van der Waals surface area contributed by atoms with E-state index in [4.69, 9.17) is 0 Å². The molecule has 0 aliphatic carbocycles. The number of rotatable bonds is 2. The zero-order chi connectivity index (χ0) is 14.8. The van der Waals surface area contributed by atoms with Gasteiger partial charge in [0, 0.05) is 5.69 Å². The summed E-state index contributed by atoms with van der Waals surface area (Å²) in [5, 5.41) is 5.69. The van der Waals surface area contributed by atoms with Crippen molar-refractivity contribution < 1.29 is 18.0 Å². The normalized spacial score (nSPS) is 22.3. The number of alkyl halides is 3. The predicted octanol–water partition coefficient (Wildman–Crippen LogP) is 3.60. The lowest BCUT2D eigenvalue weighted by atomic mass is 9.90. The molecule has 0 bridgehead atoms. The molecule has 1 aliphatic heterocycles. The number of carbonyl (C=O) groups excluding carboxylic acids is 1. The highest BCUT2D eigenvalue weighted by Crippen LogP contribution is 2.31. The Hall–Kier alpha value is -1.27. The summed E-state index contributed by atoms with van der Waals surface area (Å²) in [6.07, 6.45) is -1.79. The van der Waals surface area contributed by atoms with Crippen molar-refractivity contribution in [1.29, 1.82) is 0 Å². The number of anilines is 1. The molecule has 0 saturated carbocycles. The largest absolute Gasteiger partial charge is 0.416 e. The van der Waals surface area contributed by atoms with E-state index in [1.807, 2.05) is 0 Å². The van der Waals surface area contributed by atoms with E-state index in [2.05, 4.69) is 10.6 Å². The average molecular weight is 323 g/mol. The first kappa shape index (κ1) is 17.8. The highest BCUT2D eigenvalue weighted by Gasteiger charge is 2.35. The number of nitrogens with one attached hydrogen (secondary N) is 2. The van der Waals surface area contributed by atoms with Crippen LogP contribution in [-0.4, -0.2) is 18.0 Å². The molecule has 118 valence electrons. The van der Waals surface area contributed by atoms with Crippen LogP contribution in [0.4, 0.5) is 18.9 Å². The van der Waals surface area contributed by atoms with Gasteiger partial charge in [0.15, 0.2) is 0 Å². The molecule has 2 rings (SSSR count). The number of amides is 1. The summed E-state index contributed by atoms with van der Waals surface area (Å²) in [4.78, 5) is 12.2. The van der Waals surface area contributed by atoms with Gasteiger partial charge in [-0.25, -0.2) is 0 Å². The van der Waals surface area contributed by atoms with E-state index in [1.54, 1.807) is 6.92 Å². The van der Waals surface area contributed by atoms with Crippen LogP contribution in [-0.2, 0) is 11.0 Å². The van der Waals surface area contributed by atoms with Crippen LogP contribution in [0.5, 0.6) is 0 Å². The second-order valence-corrected chi connectivity index (χ2v) is 5.25. The summed E-state index contributed by atoms with van der Waals surface area (Å²) < 4.78 is 37.8. The van der Waals surface area contributed by atoms with Crippen molar-refractivity contribution in [1.82, 2.24) is 5.32 Å². The van der Waals surface area contributed by atoms with Gasteiger partial charge in [-0.2, -0.15) is 13.2 Å². The van der Waals surface area contributed by atoms with Crippen LogP contribution < -0.4 is 10.6 Å². The lowest BCUT2D eigenvalue weighted by molar-refractivity contribution is -0.137. The maximum absolute atomic E-state index is 12.6. The van der Waals surface area contributed by atoms with Crippen molar-refractivity contribution in [2.24, 2.45) is 0 Å². The first-order chi connectivity index (χ1) is 9.31. The van der Waals surface area contributed by atoms with E-state index < -0.39 is 17.3 Å². The number of piperidine rings is 1. The van der Waals surface area contributed by atoms with Crippen LogP contribution in [0, 0.1) is 0 Å². The van der Waals surface area contributed by atoms with E-state index in [-0.39, 0.29) is 24.0 Å². The fourth-order valence-corrected chi connectivity index (χ4v) is 2.29. The predicted molar refractivity (Wildman–Crippen MR) is 77.6 cm³/mol. The molecule has 1 unspecified atom stereocenters. The third-order valence-corrected chi connectivity index (χ3v) is 3.57. The summed E-state index contributed by atoms with van der Waals surface area (Å²) in [7, 11) is 0. The highest BCUT2D eigenvalue weighted by atomic mass is 35.5. The molecule has 0 radical (unpaired) electrons. The number of benzene rings is 1. The molecule has 1 aliphatic rings. The molecule has 1 fully saturated rings. The van der Waals surface area contributed by atoms with Crippen LogP contribution in [0.2, 0.25) is 0 Å². The van der Waals surface area contributed by atoms with Gasteiger partial charge in [-0.05, 0) is 50.9 Å². The molecule has 1 amide bonds. The Morgan fingerprint density at radius 3 is 2.62 bits per heavy atom. The number of halogens is 4.